The van der Waals surface area contributed by atoms with Crippen LogP contribution in [0.2, 0.25) is 0 Å². The first-order valence-corrected chi connectivity index (χ1v) is 11.5. The van der Waals surface area contributed by atoms with Crippen LogP contribution in [-0.4, -0.2) is 45.9 Å². The van der Waals surface area contributed by atoms with Crippen LogP contribution in [0.4, 0.5) is 17.3 Å². The summed E-state index contributed by atoms with van der Waals surface area (Å²) in [6.07, 6.45) is 3.62. The third-order valence-electron chi connectivity index (χ3n) is 6.13. The fourth-order valence-corrected chi connectivity index (χ4v) is 4.38. The molecule has 0 bridgehead atoms. The lowest BCUT2D eigenvalue weighted by Gasteiger charge is -2.29. The van der Waals surface area contributed by atoms with Gasteiger partial charge in [0.2, 0.25) is 5.95 Å². The summed E-state index contributed by atoms with van der Waals surface area (Å²) in [5.74, 6) is 0.543. The zero-order chi connectivity index (χ0) is 22.7. The van der Waals surface area contributed by atoms with Crippen LogP contribution >= 0.6 is 0 Å². The van der Waals surface area contributed by atoms with E-state index in [1.165, 1.54) is 5.69 Å². The van der Waals surface area contributed by atoms with Gasteiger partial charge in [0.15, 0.2) is 5.65 Å². The number of para-hydroxylation sites is 1. The van der Waals surface area contributed by atoms with Gasteiger partial charge < -0.3 is 15.5 Å². The maximum Gasteiger partial charge on any atom is 0.229 e. The lowest BCUT2D eigenvalue weighted by atomic mass is 10.0. The number of fused-ring (bicyclic) bond motifs is 1. The number of hydrogen-bond donors (Lipinski definition) is 2. The van der Waals surface area contributed by atoms with Crippen molar-refractivity contribution < 1.29 is 0 Å². The Morgan fingerprint density at radius 2 is 1.56 bits per heavy atom. The van der Waals surface area contributed by atoms with Gasteiger partial charge in [0.05, 0.1) is 17.3 Å². The quantitative estimate of drug-likeness (QED) is 0.409. The van der Waals surface area contributed by atoms with E-state index in [1.54, 1.807) is 0 Å². The average Bonchev–Trinajstić information content (AvgIpc) is 3.33. The molecule has 0 radical (unpaired) electrons. The molecule has 0 spiro atoms. The van der Waals surface area contributed by atoms with E-state index in [0.717, 1.165) is 59.7 Å². The monoisotopic (exact) mass is 447 g/mol. The molecule has 1 aliphatic heterocycles. The Kier molecular flexibility index (Phi) is 5.37. The predicted octanol–water partition coefficient (Wildman–Crippen LogP) is 4.64. The fourth-order valence-electron chi connectivity index (χ4n) is 4.38. The molecule has 3 aromatic carbocycles. The number of aromatic nitrogens is 4. The molecule has 6 rings (SSSR count). The van der Waals surface area contributed by atoms with E-state index >= 15 is 0 Å². The number of nitrogens with one attached hydrogen (secondary N) is 2. The molecule has 1 aliphatic rings. The Bertz CT molecular complexity index is 1400. The highest BCUT2D eigenvalue weighted by molar-refractivity contribution is 5.81. The maximum atomic E-state index is 4.81. The molecular weight excluding hydrogens is 422 g/mol. The van der Waals surface area contributed by atoms with E-state index in [4.69, 9.17) is 4.98 Å². The molecule has 168 valence electrons. The molecule has 7 nitrogen and oxygen atoms in total. The zero-order valence-corrected chi connectivity index (χ0v) is 18.7. The Labute approximate surface area is 198 Å². The van der Waals surface area contributed by atoms with E-state index in [1.807, 2.05) is 47.4 Å². The van der Waals surface area contributed by atoms with Crippen molar-refractivity contribution in [3.05, 3.63) is 91.3 Å². The first kappa shape index (κ1) is 20.4. The van der Waals surface area contributed by atoms with E-state index in [2.05, 4.69) is 74.1 Å². The van der Waals surface area contributed by atoms with Crippen molar-refractivity contribution in [1.82, 2.24) is 25.1 Å². The Morgan fingerprint density at radius 1 is 0.794 bits per heavy atom. The molecule has 5 aromatic rings. The number of hydrogen-bond acceptors (Lipinski definition) is 6. The van der Waals surface area contributed by atoms with Gasteiger partial charge >= 0.3 is 0 Å². The van der Waals surface area contributed by atoms with E-state index < -0.39 is 0 Å². The highest BCUT2D eigenvalue weighted by Crippen LogP contribution is 2.28. The van der Waals surface area contributed by atoms with Crippen molar-refractivity contribution in [3.8, 4) is 16.8 Å². The van der Waals surface area contributed by atoms with E-state index in [-0.39, 0.29) is 0 Å². The summed E-state index contributed by atoms with van der Waals surface area (Å²) in [6, 6.07) is 27.0. The number of benzene rings is 3. The van der Waals surface area contributed by atoms with Crippen LogP contribution in [0.5, 0.6) is 0 Å². The van der Waals surface area contributed by atoms with Crippen LogP contribution in [-0.2, 0) is 0 Å². The smallest absolute Gasteiger partial charge is 0.229 e. The second kappa shape index (κ2) is 8.96. The second-order valence-corrected chi connectivity index (χ2v) is 8.32. The average molecular weight is 448 g/mol. The van der Waals surface area contributed by atoms with Gasteiger partial charge in [-0.2, -0.15) is 10.1 Å². The topological polar surface area (TPSA) is 70.9 Å². The highest BCUT2D eigenvalue weighted by Gasteiger charge is 2.14. The molecule has 0 unspecified atom stereocenters. The minimum Gasteiger partial charge on any atom is -0.369 e. The standard InChI is InChI=1S/C27H25N7/c1-2-6-20(7-3-1)24-8-4-5-9-25(24)34-26-21(19-30-34)18-29-27(32-26)31-22-10-12-23(13-11-22)33-16-14-28-15-17-33/h1-13,18-19,28H,14-17H2,(H,29,31,32). The summed E-state index contributed by atoms with van der Waals surface area (Å²) in [5, 5.41) is 12.3. The minimum absolute atomic E-state index is 0.543. The highest BCUT2D eigenvalue weighted by atomic mass is 15.3. The van der Waals surface area contributed by atoms with Crippen LogP contribution in [0, 0.1) is 0 Å². The summed E-state index contributed by atoms with van der Waals surface area (Å²) < 4.78 is 1.89. The summed E-state index contributed by atoms with van der Waals surface area (Å²) in [6.45, 7) is 4.10. The first-order valence-electron chi connectivity index (χ1n) is 11.5. The number of rotatable bonds is 5. The molecule has 0 amide bonds. The van der Waals surface area contributed by atoms with Gasteiger partial charge in [0.25, 0.3) is 0 Å². The molecule has 34 heavy (non-hydrogen) atoms. The van der Waals surface area contributed by atoms with E-state index in [9.17, 15) is 0 Å². The number of nitrogens with zero attached hydrogens (tertiary/aromatic N) is 5. The van der Waals surface area contributed by atoms with Gasteiger partial charge in [-0.25, -0.2) is 9.67 Å². The fraction of sp³-hybridized carbons (Fsp3) is 0.148. The van der Waals surface area contributed by atoms with Crippen molar-refractivity contribution in [2.45, 2.75) is 0 Å². The van der Waals surface area contributed by atoms with Gasteiger partial charge in [-0.3, -0.25) is 0 Å². The summed E-state index contributed by atoms with van der Waals surface area (Å²) >= 11 is 0. The van der Waals surface area contributed by atoms with Gasteiger partial charge in [0, 0.05) is 49.3 Å². The first-order chi connectivity index (χ1) is 16.8. The Balaban J connectivity index is 1.31. The zero-order valence-electron chi connectivity index (χ0n) is 18.7. The third kappa shape index (κ3) is 3.97. The molecule has 7 heteroatoms. The van der Waals surface area contributed by atoms with Crippen LogP contribution < -0.4 is 15.5 Å². The van der Waals surface area contributed by atoms with Crippen molar-refractivity contribution >= 4 is 28.4 Å². The van der Waals surface area contributed by atoms with Gasteiger partial charge in [-0.1, -0.05) is 48.5 Å². The normalized spacial score (nSPS) is 13.8. The van der Waals surface area contributed by atoms with Crippen molar-refractivity contribution in [2.24, 2.45) is 0 Å². The number of anilines is 3. The second-order valence-electron chi connectivity index (χ2n) is 8.32. The molecule has 1 fully saturated rings. The lowest BCUT2D eigenvalue weighted by Crippen LogP contribution is -2.43. The summed E-state index contributed by atoms with van der Waals surface area (Å²) in [5.41, 5.74) is 6.17. The lowest BCUT2D eigenvalue weighted by molar-refractivity contribution is 0.589. The molecule has 3 heterocycles. The number of piperazine rings is 1. The summed E-state index contributed by atoms with van der Waals surface area (Å²) in [4.78, 5) is 11.7. The maximum absolute atomic E-state index is 4.81. The third-order valence-corrected chi connectivity index (χ3v) is 6.13. The molecular formula is C27H25N7. The van der Waals surface area contributed by atoms with Crippen LogP contribution in [0.1, 0.15) is 0 Å². The van der Waals surface area contributed by atoms with Crippen LogP contribution in [0.25, 0.3) is 27.8 Å². The SMILES string of the molecule is c1ccc(-c2ccccc2-n2ncc3cnc(Nc4ccc(N5CCNCC5)cc4)nc32)cc1. The Morgan fingerprint density at radius 3 is 2.38 bits per heavy atom. The van der Waals surface area contributed by atoms with Crippen molar-refractivity contribution in [2.75, 3.05) is 36.4 Å². The van der Waals surface area contributed by atoms with Crippen molar-refractivity contribution in [3.63, 3.8) is 0 Å². The molecule has 1 saturated heterocycles. The molecule has 0 atom stereocenters. The van der Waals surface area contributed by atoms with Gasteiger partial charge in [-0.15, -0.1) is 0 Å². The predicted molar refractivity (Wildman–Crippen MR) is 137 cm³/mol. The molecule has 2 N–H and O–H groups in total. The van der Waals surface area contributed by atoms with Crippen LogP contribution in [0.15, 0.2) is 91.3 Å². The van der Waals surface area contributed by atoms with Crippen LogP contribution in [0.3, 0.4) is 0 Å². The summed E-state index contributed by atoms with van der Waals surface area (Å²) in [7, 11) is 0. The molecule has 2 aromatic heterocycles. The Hall–Kier alpha value is -4.23. The molecule has 0 aliphatic carbocycles. The van der Waals surface area contributed by atoms with Crippen molar-refractivity contribution in [1.29, 1.82) is 0 Å². The largest absolute Gasteiger partial charge is 0.369 e. The molecule has 0 saturated carbocycles. The van der Waals surface area contributed by atoms with Gasteiger partial charge in [0.1, 0.15) is 0 Å². The minimum atomic E-state index is 0.543. The van der Waals surface area contributed by atoms with E-state index in [0.29, 0.717) is 5.95 Å². The van der Waals surface area contributed by atoms with Gasteiger partial charge in [-0.05, 0) is 35.9 Å².